The van der Waals surface area contributed by atoms with Crippen molar-refractivity contribution in [2.75, 3.05) is 71.3 Å². The van der Waals surface area contributed by atoms with E-state index in [0.29, 0.717) is 65.8 Å². The number of halogens is 1. The quantitative estimate of drug-likeness (QED) is 0.142. The zero-order valence-electron chi connectivity index (χ0n) is 48.5. The highest BCUT2D eigenvalue weighted by molar-refractivity contribution is 6.35. The molecule has 14 heteroatoms. The lowest BCUT2D eigenvalue weighted by Crippen LogP contribution is -2.35. The van der Waals surface area contributed by atoms with Crippen LogP contribution in [0.15, 0.2) is 176 Å². The van der Waals surface area contributed by atoms with Crippen LogP contribution in [0.4, 0.5) is 11.4 Å². The topological polar surface area (TPSA) is 107 Å². The van der Waals surface area contributed by atoms with E-state index in [1.165, 1.54) is 0 Å². The van der Waals surface area contributed by atoms with Crippen molar-refractivity contribution in [1.82, 2.24) is 28.7 Å². The van der Waals surface area contributed by atoms with E-state index >= 15 is 0 Å². The molecule has 6 heterocycles. The molecule has 0 spiro atoms. The molecule has 426 valence electrons. The molecule has 2 aromatic heterocycles. The van der Waals surface area contributed by atoms with Gasteiger partial charge in [-0.1, -0.05) is 115 Å². The lowest BCUT2D eigenvalue weighted by atomic mass is 9.97. The number of anilines is 2. The fourth-order valence-electron chi connectivity index (χ4n) is 12.6. The van der Waals surface area contributed by atoms with Crippen molar-refractivity contribution in [2.24, 2.45) is 0 Å². The van der Waals surface area contributed by atoms with Crippen molar-refractivity contribution >= 4 is 57.4 Å². The molecular formula is C70H69ClN8O5. The van der Waals surface area contributed by atoms with Gasteiger partial charge in [0.15, 0.2) is 0 Å². The minimum absolute atomic E-state index is 0.0416. The van der Waals surface area contributed by atoms with Gasteiger partial charge >= 0.3 is 0 Å². The van der Waals surface area contributed by atoms with Gasteiger partial charge in [0.25, 0.3) is 23.6 Å². The van der Waals surface area contributed by atoms with E-state index in [1.54, 1.807) is 12.0 Å². The Balaban J connectivity index is 0.000000166. The number of carbonyl (C=O) groups is 4. The summed E-state index contributed by atoms with van der Waals surface area (Å²) in [7, 11) is 9.92. The maximum atomic E-state index is 14.2. The lowest BCUT2D eigenvalue weighted by molar-refractivity contribution is 0.0765. The van der Waals surface area contributed by atoms with Crippen LogP contribution in [-0.2, 0) is 26.2 Å². The van der Waals surface area contributed by atoms with Crippen LogP contribution in [0.5, 0.6) is 5.75 Å². The summed E-state index contributed by atoms with van der Waals surface area (Å²) in [6.07, 6.45) is 1.95. The number of rotatable bonds is 9. The third kappa shape index (κ3) is 10.8. The van der Waals surface area contributed by atoms with Crippen LogP contribution >= 0.6 is 11.6 Å². The van der Waals surface area contributed by atoms with E-state index in [-0.39, 0.29) is 23.6 Å². The van der Waals surface area contributed by atoms with E-state index < -0.39 is 0 Å². The van der Waals surface area contributed by atoms with Crippen LogP contribution in [0, 0.1) is 6.92 Å². The number of nitrogens with zero attached hydrogens (tertiary/aromatic N) is 8. The molecule has 13 rings (SSSR count). The number of aromatic nitrogens is 2. The summed E-state index contributed by atoms with van der Waals surface area (Å²) < 4.78 is 9.57. The average Bonchev–Trinajstić information content (AvgIpc) is 4.42. The molecule has 0 N–H and O–H groups in total. The Hall–Kier alpha value is -8.75. The van der Waals surface area contributed by atoms with Gasteiger partial charge < -0.3 is 43.3 Å². The first-order valence-corrected chi connectivity index (χ1v) is 29.2. The second-order valence-electron chi connectivity index (χ2n) is 22.9. The second-order valence-corrected chi connectivity index (χ2v) is 23.3. The zero-order valence-corrected chi connectivity index (χ0v) is 49.2. The number of para-hydroxylation sites is 2. The summed E-state index contributed by atoms with van der Waals surface area (Å²) in [6, 6.07) is 58.5. The van der Waals surface area contributed by atoms with Crippen molar-refractivity contribution in [3.8, 4) is 28.0 Å². The van der Waals surface area contributed by atoms with Gasteiger partial charge in [-0.05, 0) is 170 Å². The van der Waals surface area contributed by atoms with Gasteiger partial charge in [0.05, 0.1) is 43.9 Å². The number of benzene rings is 7. The molecule has 0 aliphatic carbocycles. The SMILES string of the molecule is CN(C)[C@@H]1CCN(C(=O)c2ccc3n2Cc2ccccc2N(C(=O)c2ccc(-c4cccc5ccccc45)cc2Cl)C3)C1.COc1cccc(-c2ccc(C(=O)N3Cc4ccc(C(=O)N5CC[C@@H](N(C)C)C5)n4Cc4ccccc43)cc2C)c1. The smallest absolute Gasteiger partial charge is 0.270 e. The number of carbonyl (C=O) groups excluding carboxylic acids is 4. The summed E-state index contributed by atoms with van der Waals surface area (Å²) in [5, 5.41) is 2.70. The molecular weight excluding hydrogens is 1070 g/mol. The van der Waals surface area contributed by atoms with Crippen LogP contribution in [-0.4, -0.2) is 126 Å². The Kier molecular flexibility index (Phi) is 15.6. The Bertz CT molecular complexity index is 4010. The largest absolute Gasteiger partial charge is 0.497 e. The highest BCUT2D eigenvalue weighted by atomic mass is 35.5. The first-order chi connectivity index (χ1) is 40.7. The minimum Gasteiger partial charge on any atom is -0.497 e. The van der Waals surface area contributed by atoms with Gasteiger partial charge in [0, 0.05) is 66.6 Å². The van der Waals surface area contributed by atoms with Crippen LogP contribution in [0.3, 0.4) is 0 Å². The Morgan fingerprint density at radius 1 is 0.512 bits per heavy atom. The monoisotopic (exact) mass is 1140 g/mol. The molecule has 2 atom stereocenters. The number of likely N-dealkylation sites (tertiary alicyclic amines) is 2. The number of methoxy groups -OCH3 is 1. The number of ether oxygens (including phenoxy) is 1. The molecule has 0 radical (unpaired) electrons. The molecule has 2 saturated heterocycles. The van der Waals surface area contributed by atoms with Gasteiger partial charge in [0.1, 0.15) is 17.1 Å². The summed E-state index contributed by atoms with van der Waals surface area (Å²) in [4.78, 5) is 67.5. The summed E-state index contributed by atoms with van der Waals surface area (Å²) in [5.41, 5.74) is 13.2. The van der Waals surface area contributed by atoms with Gasteiger partial charge in [-0.2, -0.15) is 0 Å². The Morgan fingerprint density at radius 2 is 1.06 bits per heavy atom. The maximum absolute atomic E-state index is 14.2. The highest BCUT2D eigenvalue weighted by Gasteiger charge is 2.35. The van der Waals surface area contributed by atoms with Crippen LogP contribution in [0.2, 0.25) is 5.02 Å². The fraction of sp³-hybridized carbons (Fsp3) is 0.257. The molecule has 0 saturated carbocycles. The number of fused-ring (bicyclic) bond motifs is 5. The Morgan fingerprint density at radius 3 is 1.63 bits per heavy atom. The van der Waals surface area contributed by atoms with Gasteiger partial charge in [-0.3, -0.25) is 19.2 Å². The number of hydrogen-bond acceptors (Lipinski definition) is 7. The molecule has 0 bridgehead atoms. The highest BCUT2D eigenvalue weighted by Crippen LogP contribution is 2.37. The van der Waals surface area contributed by atoms with Crippen molar-refractivity contribution in [3.05, 3.63) is 232 Å². The van der Waals surface area contributed by atoms with E-state index in [2.05, 4.69) is 71.4 Å². The minimum atomic E-state index is -0.169. The standard InChI is InChI=1S/C36H33ClN4O2.C34H36N4O3/c1-38(2)27-18-19-39(22-27)36(43)34-17-15-28-23-41(33-13-6-4-9-26(33)21-40(28)34)35(42)31-16-14-25(20-32(31)37)30-12-7-10-24-8-3-5-11-29(24)30;1-23-18-25(12-14-30(23)24-9-7-10-29(19-24)41-4)33(39)38-22-28-13-15-32(34(40)36-17-16-27(21-36)35(2)3)37(28)20-26-8-5-6-11-31(26)38/h3-17,20,27H,18-19,21-23H2,1-2H3;5-15,18-19,27H,16-17,20-22H2,1-4H3/t2*27-/m11/s1. The third-order valence-electron chi connectivity index (χ3n) is 17.4. The van der Waals surface area contributed by atoms with Gasteiger partial charge in [-0.25, -0.2) is 0 Å². The van der Waals surface area contributed by atoms with Crippen LogP contribution in [0.25, 0.3) is 33.0 Å². The molecule has 4 aliphatic rings. The summed E-state index contributed by atoms with van der Waals surface area (Å²) in [6.45, 7) is 6.78. The molecule has 7 aromatic carbocycles. The van der Waals surface area contributed by atoms with Crippen molar-refractivity contribution in [2.45, 2.75) is 58.0 Å². The molecule has 4 aliphatic heterocycles. The van der Waals surface area contributed by atoms with E-state index in [4.69, 9.17) is 16.3 Å². The first kappa shape index (κ1) is 55.8. The molecule has 84 heavy (non-hydrogen) atoms. The lowest BCUT2D eigenvalue weighted by Gasteiger charge is -2.23. The molecule has 13 nitrogen and oxygen atoms in total. The van der Waals surface area contributed by atoms with Crippen molar-refractivity contribution in [3.63, 3.8) is 0 Å². The second kappa shape index (κ2) is 23.5. The van der Waals surface area contributed by atoms with Gasteiger partial charge in [-0.15, -0.1) is 0 Å². The van der Waals surface area contributed by atoms with Crippen molar-refractivity contribution in [1.29, 1.82) is 0 Å². The number of hydrogen-bond donors (Lipinski definition) is 0. The molecule has 0 unspecified atom stereocenters. The van der Waals surface area contributed by atoms with E-state index in [1.807, 2.05) is 173 Å². The van der Waals surface area contributed by atoms with Crippen LogP contribution in [0.1, 0.15) is 82.6 Å². The maximum Gasteiger partial charge on any atom is 0.270 e. The molecule has 2 fully saturated rings. The molecule has 4 amide bonds. The fourth-order valence-corrected chi connectivity index (χ4v) is 12.9. The van der Waals surface area contributed by atoms with Crippen molar-refractivity contribution < 1.29 is 23.9 Å². The molecule has 9 aromatic rings. The first-order valence-electron chi connectivity index (χ1n) is 28.8. The van der Waals surface area contributed by atoms with E-state index in [0.717, 1.165) is 117 Å². The predicted octanol–water partition coefficient (Wildman–Crippen LogP) is 12.4. The normalized spacial score (nSPS) is 16.3. The third-order valence-corrected chi connectivity index (χ3v) is 17.8. The van der Waals surface area contributed by atoms with Gasteiger partial charge in [0.2, 0.25) is 0 Å². The van der Waals surface area contributed by atoms with Crippen LogP contribution < -0.4 is 14.5 Å². The predicted molar refractivity (Wildman–Crippen MR) is 335 cm³/mol. The average molecular weight is 1140 g/mol. The van der Waals surface area contributed by atoms with E-state index in [9.17, 15) is 19.2 Å². The summed E-state index contributed by atoms with van der Waals surface area (Å²) in [5.74, 6) is 0.666. The number of amides is 4. The summed E-state index contributed by atoms with van der Waals surface area (Å²) >= 11 is 6.86. The Labute approximate surface area is 496 Å². The zero-order chi connectivity index (χ0) is 58.3. The number of aryl methyl sites for hydroxylation is 1. The number of likely N-dealkylation sites (N-methyl/N-ethyl adjacent to an activating group) is 2.